The summed E-state index contributed by atoms with van der Waals surface area (Å²) in [6, 6.07) is 9.98. The van der Waals surface area contributed by atoms with Crippen LogP contribution in [-0.4, -0.2) is 23.5 Å². The topological polar surface area (TPSA) is 68.0 Å². The van der Waals surface area contributed by atoms with Crippen LogP contribution in [0.2, 0.25) is 0 Å². The van der Waals surface area contributed by atoms with E-state index in [1.807, 2.05) is 37.4 Å². The second-order valence-electron chi connectivity index (χ2n) is 5.20. The molecule has 0 fully saturated rings. The van der Waals surface area contributed by atoms with Gasteiger partial charge in [0.25, 0.3) is 0 Å². The number of rotatable bonds is 6. The molecule has 2 rings (SSSR count). The first-order chi connectivity index (χ1) is 10.1. The van der Waals surface area contributed by atoms with E-state index in [1.54, 1.807) is 11.3 Å². The van der Waals surface area contributed by atoms with Crippen LogP contribution < -0.4 is 11.1 Å². The Morgan fingerprint density at radius 1 is 1.33 bits per heavy atom. The monoisotopic (exact) mass is 303 g/mol. The quantitative estimate of drug-likeness (QED) is 0.861. The van der Waals surface area contributed by atoms with E-state index in [2.05, 4.69) is 22.4 Å². The van der Waals surface area contributed by atoms with E-state index >= 15 is 0 Å². The van der Waals surface area contributed by atoms with Crippen LogP contribution in [0.15, 0.2) is 35.7 Å². The molecule has 21 heavy (non-hydrogen) atoms. The molecule has 2 aromatic rings. The molecule has 112 valence electrons. The van der Waals surface area contributed by atoms with E-state index in [4.69, 9.17) is 5.73 Å². The third-order valence-corrected chi connectivity index (χ3v) is 4.40. The minimum atomic E-state index is -0.166. The van der Waals surface area contributed by atoms with Gasteiger partial charge in [-0.15, -0.1) is 11.3 Å². The van der Waals surface area contributed by atoms with Crippen LogP contribution in [0.5, 0.6) is 0 Å². The summed E-state index contributed by atoms with van der Waals surface area (Å²) in [7, 11) is 0. The lowest BCUT2D eigenvalue weighted by Gasteiger charge is -2.14. The standard InChI is InChI=1S/C16H21N3OS/c1-11(12(2)17)15(20)18-9-8-14-10-21-16(19-14)13-6-4-3-5-7-13/h3-7,10-12H,8-9,17H2,1-2H3,(H,18,20). The Labute approximate surface area is 129 Å². The molecule has 1 aromatic carbocycles. The Hall–Kier alpha value is -1.72. The van der Waals surface area contributed by atoms with Crippen molar-refractivity contribution in [3.63, 3.8) is 0 Å². The van der Waals surface area contributed by atoms with Crippen LogP contribution in [0.3, 0.4) is 0 Å². The Kier molecular flexibility index (Phi) is 5.47. The summed E-state index contributed by atoms with van der Waals surface area (Å²) in [6.45, 7) is 4.28. The van der Waals surface area contributed by atoms with Gasteiger partial charge in [0.05, 0.1) is 5.69 Å². The number of carbonyl (C=O) groups is 1. The molecular weight excluding hydrogens is 282 g/mol. The average Bonchev–Trinajstić information content (AvgIpc) is 2.96. The summed E-state index contributed by atoms with van der Waals surface area (Å²) in [4.78, 5) is 16.4. The van der Waals surface area contributed by atoms with E-state index < -0.39 is 0 Å². The zero-order chi connectivity index (χ0) is 15.2. The van der Waals surface area contributed by atoms with Crippen LogP contribution >= 0.6 is 11.3 Å². The fourth-order valence-corrected chi connectivity index (χ4v) is 2.71. The van der Waals surface area contributed by atoms with Gasteiger partial charge in [-0.3, -0.25) is 4.79 Å². The number of aromatic nitrogens is 1. The first-order valence-corrected chi connectivity index (χ1v) is 7.99. The maximum Gasteiger partial charge on any atom is 0.224 e. The van der Waals surface area contributed by atoms with Crippen molar-refractivity contribution < 1.29 is 4.79 Å². The predicted molar refractivity (Wildman–Crippen MR) is 87.1 cm³/mol. The smallest absolute Gasteiger partial charge is 0.224 e. The highest BCUT2D eigenvalue weighted by molar-refractivity contribution is 7.13. The number of nitrogens with two attached hydrogens (primary N) is 1. The molecule has 1 aromatic heterocycles. The van der Waals surface area contributed by atoms with Crippen molar-refractivity contribution in [1.82, 2.24) is 10.3 Å². The highest BCUT2D eigenvalue weighted by Crippen LogP contribution is 2.23. The van der Waals surface area contributed by atoms with Crippen molar-refractivity contribution in [2.24, 2.45) is 11.7 Å². The molecule has 0 aliphatic carbocycles. The molecule has 0 bridgehead atoms. The largest absolute Gasteiger partial charge is 0.355 e. The highest BCUT2D eigenvalue weighted by Gasteiger charge is 2.16. The van der Waals surface area contributed by atoms with Crippen LogP contribution in [0.4, 0.5) is 0 Å². The van der Waals surface area contributed by atoms with E-state index in [-0.39, 0.29) is 17.9 Å². The number of carbonyl (C=O) groups excluding carboxylic acids is 1. The van der Waals surface area contributed by atoms with Gasteiger partial charge in [0.1, 0.15) is 5.01 Å². The van der Waals surface area contributed by atoms with Gasteiger partial charge >= 0.3 is 0 Å². The molecule has 0 aliphatic heterocycles. The van der Waals surface area contributed by atoms with Gasteiger partial charge in [-0.1, -0.05) is 37.3 Å². The Bertz CT molecular complexity index is 580. The van der Waals surface area contributed by atoms with Gasteiger partial charge in [-0.25, -0.2) is 4.98 Å². The lowest BCUT2D eigenvalue weighted by atomic mass is 10.0. The molecule has 5 heteroatoms. The third kappa shape index (κ3) is 4.37. The van der Waals surface area contributed by atoms with Gasteiger partial charge in [0.2, 0.25) is 5.91 Å². The number of amides is 1. The molecule has 0 saturated heterocycles. The molecular formula is C16H21N3OS. The Balaban J connectivity index is 1.85. The summed E-state index contributed by atoms with van der Waals surface area (Å²) in [5, 5.41) is 5.97. The van der Waals surface area contributed by atoms with Crippen LogP contribution in [0.25, 0.3) is 10.6 Å². The van der Waals surface area contributed by atoms with E-state index in [1.165, 1.54) is 0 Å². The first kappa shape index (κ1) is 15.7. The number of thiazole rings is 1. The highest BCUT2D eigenvalue weighted by atomic mass is 32.1. The molecule has 4 nitrogen and oxygen atoms in total. The van der Waals surface area contributed by atoms with Crippen molar-refractivity contribution in [3.05, 3.63) is 41.4 Å². The number of hydrogen-bond acceptors (Lipinski definition) is 4. The molecule has 0 radical (unpaired) electrons. The molecule has 1 amide bonds. The van der Waals surface area contributed by atoms with Crippen molar-refractivity contribution in [2.75, 3.05) is 6.54 Å². The first-order valence-electron chi connectivity index (χ1n) is 7.11. The fraction of sp³-hybridized carbons (Fsp3) is 0.375. The summed E-state index contributed by atoms with van der Waals surface area (Å²) < 4.78 is 0. The lowest BCUT2D eigenvalue weighted by molar-refractivity contribution is -0.124. The summed E-state index contributed by atoms with van der Waals surface area (Å²) in [6.07, 6.45) is 0.737. The molecule has 0 saturated carbocycles. The normalized spacial score (nSPS) is 13.7. The van der Waals surface area contributed by atoms with Crippen molar-refractivity contribution in [1.29, 1.82) is 0 Å². The van der Waals surface area contributed by atoms with Gasteiger partial charge in [0.15, 0.2) is 0 Å². The van der Waals surface area contributed by atoms with Crippen molar-refractivity contribution in [3.8, 4) is 10.6 Å². The molecule has 3 N–H and O–H groups in total. The average molecular weight is 303 g/mol. The molecule has 2 unspecified atom stereocenters. The second kappa shape index (κ2) is 7.33. The van der Waals surface area contributed by atoms with Gasteiger partial charge in [-0.05, 0) is 6.92 Å². The SMILES string of the molecule is CC(N)C(C)C(=O)NCCc1csc(-c2ccccc2)n1. The fourth-order valence-electron chi connectivity index (χ4n) is 1.85. The number of benzene rings is 1. The maximum atomic E-state index is 11.8. The minimum Gasteiger partial charge on any atom is -0.355 e. The molecule has 0 spiro atoms. The van der Waals surface area contributed by atoms with E-state index in [0.717, 1.165) is 22.7 Å². The van der Waals surface area contributed by atoms with E-state index in [0.29, 0.717) is 6.54 Å². The zero-order valence-electron chi connectivity index (χ0n) is 12.4. The van der Waals surface area contributed by atoms with E-state index in [9.17, 15) is 4.79 Å². The lowest BCUT2D eigenvalue weighted by Crippen LogP contribution is -2.39. The van der Waals surface area contributed by atoms with Crippen molar-refractivity contribution >= 4 is 17.2 Å². The third-order valence-electron chi connectivity index (χ3n) is 3.46. The number of nitrogens with one attached hydrogen (secondary N) is 1. The van der Waals surface area contributed by atoms with Crippen LogP contribution in [0, 0.1) is 5.92 Å². The zero-order valence-corrected chi connectivity index (χ0v) is 13.2. The van der Waals surface area contributed by atoms with Crippen LogP contribution in [-0.2, 0) is 11.2 Å². The van der Waals surface area contributed by atoms with Gasteiger partial charge in [0, 0.05) is 35.9 Å². The maximum absolute atomic E-state index is 11.8. The van der Waals surface area contributed by atoms with Gasteiger partial charge < -0.3 is 11.1 Å². The molecule has 2 atom stereocenters. The Morgan fingerprint density at radius 2 is 2.05 bits per heavy atom. The van der Waals surface area contributed by atoms with Crippen LogP contribution in [0.1, 0.15) is 19.5 Å². The number of hydrogen-bond donors (Lipinski definition) is 2. The summed E-state index contributed by atoms with van der Waals surface area (Å²) in [5.74, 6) is -0.163. The molecule has 0 aliphatic rings. The second-order valence-corrected chi connectivity index (χ2v) is 6.06. The summed E-state index contributed by atoms with van der Waals surface area (Å²) in [5.41, 5.74) is 7.85. The number of nitrogens with zero attached hydrogens (tertiary/aromatic N) is 1. The Morgan fingerprint density at radius 3 is 2.71 bits per heavy atom. The predicted octanol–water partition coefficient (Wildman–Crippen LogP) is 2.45. The van der Waals surface area contributed by atoms with Gasteiger partial charge in [-0.2, -0.15) is 0 Å². The minimum absolute atomic E-state index is 0.00325. The van der Waals surface area contributed by atoms with Crippen molar-refractivity contribution in [2.45, 2.75) is 26.3 Å². The summed E-state index contributed by atoms with van der Waals surface area (Å²) >= 11 is 1.63. The molecule has 1 heterocycles.